The highest BCUT2D eigenvalue weighted by molar-refractivity contribution is 6.26. The fourth-order valence-electron chi connectivity index (χ4n) is 6.36. The first kappa shape index (κ1) is 13.0. The molecule has 1 aromatic heterocycles. The van der Waals surface area contributed by atoms with Crippen LogP contribution in [0.1, 0.15) is 24.7 Å². The molecule has 0 unspecified atom stereocenters. The van der Waals surface area contributed by atoms with Crippen LogP contribution in [0.4, 0.5) is 0 Å². The molecule has 0 radical (unpaired) electrons. The first-order valence-corrected chi connectivity index (χ1v) is 14.1. The van der Waals surface area contributed by atoms with Gasteiger partial charge in [0, 0.05) is 16.2 Å². The second-order valence-electron chi connectivity index (χ2n) is 10.6. The predicted octanol–water partition coefficient (Wildman–Crippen LogP) is 12.7. The van der Waals surface area contributed by atoms with Gasteiger partial charge in [-0.2, -0.15) is 0 Å². The maximum atomic E-state index is 9.79. The van der Waals surface area contributed by atoms with Gasteiger partial charge in [-0.25, -0.2) is 0 Å². The van der Waals surface area contributed by atoms with Gasteiger partial charge in [0.05, 0.1) is 24.7 Å². The highest BCUT2D eigenvalue weighted by atomic mass is 16.3. The second kappa shape index (κ2) is 9.29. The molecule has 0 saturated heterocycles. The van der Waals surface area contributed by atoms with Crippen molar-refractivity contribution in [1.29, 1.82) is 0 Å². The molecule has 1 heteroatoms. The molecule has 0 aliphatic carbocycles. The van der Waals surface area contributed by atoms with Gasteiger partial charge in [-0.1, -0.05) is 133 Å². The number of hydrogen-bond acceptors (Lipinski definition) is 1. The number of furan rings is 1. The molecule has 0 spiro atoms. The molecule has 1 heterocycles. The molecule has 0 N–H and O–H groups in total. The number of benzene rings is 9. The van der Waals surface area contributed by atoms with Crippen molar-refractivity contribution in [3.8, 4) is 22.3 Å². The Morgan fingerprint density at radius 2 is 1.00 bits per heavy atom. The molecule has 0 bridgehead atoms. The normalized spacial score (nSPS) is 17.6. The molecular formula is C44H26O. The first-order valence-electron chi connectivity index (χ1n) is 23.1. The average molecular weight is 589 g/mol. The smallest absolute Gasteiger partial charge is 0.143 e. The SMILES string of the molecule is [2H]c1c(-c2c3ccccc3c(-c3c([2H])c4c([2H])c([2H])c([2H])c([2H])c4c4c([2H])c([2H])c([2H])c([2H])c34)c3ccccc23)c([2H])c2c(oc3c4c([2H])c([2H])c([2H])c([2H])c4c([2H])c([2H])c32)c1[2H]. The summed E-state index contributed by atoms with van der Waals surface area (Å²) in [7, 11) is 0. The Bertz CT molecular complexity index is 3780. The summed E-state index contributed by atoms with van der Waals surface area (Å²) in [5, 5.41) is -0.220. The lowest BCUT2D eigenvalue weighted by Crippen LogP contribution is -1.92. The van der Waals surface area contributed by atoms with Crippen molar-refractivity contribution in [3.05, 3.63) is 157 Å². The summed E-state index contributed by atoms with van der Waals surface area (Å²) < 4.78 is 167. The van der Waals surface area contributed by atoms with E-state index in [1.807, 2.05) is 0 Å². The number of fused-ring (bicyclic) bond motifs is 10. The number of rotatable bonds is 2. The van der Waals surface area contributed by atoms with Gasteiger partial charge in [0.2, 0.25) is 0 Å². The molecule has 0 atom stereocenters. The molecule has 0 saturated carbocycles. The Morgan fingerprint density at radius 1 is 0.400 bits per heavy atom. The Morgan fingerprint density at radius 3 is 1.73 bits per heavy atom. The van der Waals surface area contributed by atoms with Crippen molar-refractivity contribution in [2.24, 2.45) is 0 Å². The van der Waals surface area contributed by atoms with E-state index in [2.05, 4.69) is 0 Å². The molecular weight excluding hydrogens is 544 g/mol. The molecule has 45 heavy (non-hydrogen) atoms. The molecule has 0 amide bonds. The Kier molecular flexibility index (Phi) is 2.68. The Hall–Kier alpha value is -5.92. The largest absolute Gasteiger partial charge is 0.455 e. The van der Waals surface area contributed by atoms with Gasteiger partial charge in [-0.15, -0.1) is 0 Å². The summed E-state index contributed by atoms with van der Waals surface area (Å²) in [4.78, 5) is 0. The third-order valence-electron chi connectivity index (χ3n) is 8.24. The second-order valence-corrected chi connectivity index (χ2v) is 10.6. The first-order chi connectivity index (χ1) is 29.8. The lowest BCUT2D eigenvalue weighted by Gasteiger charge is -2.19. The van der Waals surface area contributed by atoms with E-state index < -0.39 is 103 Å². The van der Waals surface area contributed by atoms with Crippen molar-refractivity contribution in [3.63, 3.8) is 0 Å². The quantitative estimate of drug-likeness (QED) is 0.145. The van der Waals surface area contributed by atoms with Gasteiger partial charge in [0.15, 0.2) is 0 Å². The Labute approximate surface area is 284 Å². The van der Waals surface area contributed by atoms with Crippen LogP contribution in [0, 0.1) is 0 Å². The summed E-state index contributed by atoms with van der Waals surface area (Å²) in [6, 6.07) is 3.40. The molecule has 10 rings (SSSR count). The van der Waals surface area contributed by atoms with E-state index in [0.717, 1.165) is 0 Å². The van der Waals surface area contributed by atoms with Crippen LogP contribution in [-0.2, 0) is 0 Å². The van der Waals surface area contributed by atoms with E-state index in [0.29, 0.717) is 21.5 Å². The summed E-state index contributed by atoms with van der Waals surface area (Å²) >= 11 is 0. The summed E-state index contributed by atoms with van der Waals surface area (Å²) in [5.41, 5.74) is -0.189. The minimum absolute atomic E-state index is 0.0543. The van der Waals surface area contributed by atoms with E-state index in [9.17, 15) is 6.85 Å². The summed E-state index contributed by atoms with van der Waals surface area (Å²) in [5.74, 6) is 0. The third-order valence-corrected chi connectivity index (χ3v) is 8.24. The molecule has 1 nitrogen and oxygen atoms in total. The van der Waals surface area contributed by atoms with Gasteiger partial charge >= 0.3 is 0 Å². The highest BCUT2D eigenvalue weighted by Gasteiger charge is 2.20. The lowest BCUT2D eigenvalue weighted by molar-refractivity contribution is 0.672. The molecule has 9 aromatic carbocycles. The van der Waals surface area contributed by atoms with Gasteiger partial charge in [0.1, 0.15) is 11.2 Å². The van der Waals surface area contributed by atoms with E-state index >= 15 is 0 Å². The third kappa shape index (κ3) is 3.50. The van der Waals surface area contributed by atoms with Gasteiger partial charge in [0.25, 0.3) is 0 Å². The van der Waals surface area contributed by atoms with Crippen LogP contribution in [0.25, 0.3) is 98.1 Å². The van der Waals surface area contributed by atoms with Gasteiger partial charge < -0.3 is 4.42 Å². The van der Waals surface area contributed by atoms with Crippen molar-refractivity contribution in [1.82, 2.24) is 0 Å². The van der Waals surface area contributed by atoms with Gasteiger partial charge in [-0.05, 0) is 94.9 Å². The van der Waals surface area contributed by atoms with Crippen LogP contribution >= 0.6 is 0 Å². The predicted molar refractivity (Wildman–Crippen MR) is 192 cm³/mol. The summed E-state index contributed by atoms with van der Waals surface area (Å²) in [6.07, 6.45) is 0. The minimum Gasteiger partial charge on any atom is -0.455 e. The fourth-order valence-corrected chi connectivity index (χ4v) is 6.36. The van der Waals surface area contributed by atoms with Crippen LogP contribution in [-0.4, -0.2) is 0 Å². The van der Waals surface area contributed by atoms with Crippen LogP contribution in [0.5, 0.6) is 0 Å². The van der Waals surface area contributed by atoms with E-state index in [4.69, 9.17) is 22.2 Å². The van der Waals surface area contributed by atoms with Crippen LogP contribution < -0.4 is 0 Å². The van der Waals surface area contributed by atoms with Gasteiger partial charge in [-0.3, -0.25) is 0 Å². The zero-order valence-corrected chi connectivity index (χ0v) is 23.0. The van der Waals surface area contributed by atoms with Crippen molar-refractivity contribution >= 4 is 75.8 Å². The lowest BCUT2D eigenvalue weighted by atomic mass is 9.83. The summed E-state index contributed by atoms with van der Waals surface area (Å²) in [6.45, 7) is 0. The minimum atomic E-state index is -0.643. The zero-order chi connectivity index (χ0) is 45.1. The monoisotopic (exact) mass is 588 g/mol. The average Bonchev–Trinajstić information content (AvgIpc) is 3.68. The molecule has 10 aromatic rings. The standard InChI is InChI=1S/C44H26O/c1-4-14-31-27(11-1)21-23-38-39-26-29(22-24-41(39)45-44(31)38)42-34-17-7-9-19-36(34)43(37-20-10-8-18-35(37)42)40-25-28-12-2-3-13-30(28)32-15-5-6-16-33(32)40/h1-26H/i1D,2D,3D,4D,5D,6D,11D,12D,13D,14D,15D,16D,21D,22D,23D,24D,25D,26D. The van der Waals surface area contributed by atoms with E-state index in [1.54, 1.807) is 48.5 Å². The number of hydrogen-bond donors (Lipinski definition) is 0. The van der Waals surface area contributed by atoms with Crippen molar-refractivity contribution in [2.45, 2.75) is 0 Å². The molecule has 0 aliphatic heterocycles. The topological polar surface area (TPSA) is 13.1 Å². The molecule has 208 valence electrons. The maximum absolute atomic E-state index is 9.79. The zero-order valence-electron chi connectivity index (χ0n) is 41.0. The van der Waals surface area contributed by atoms with Crippen molar-refractivity contribution < 1.29 is 29.1 Å². The fraction of sp³-hybridized carbons (Fsp3) is 0. The van der Waals surface area contributed by atoms with Crippen LogP contribution in [0.2, 0.25) is 0 Å². The molecule has 0 fully saturated rings. The van der Waals surface area contributed by atoms with Crippen molar-refractivity contribution in [2.75, 3.05) is 0 Å². The maximum Gasteiger partial charge on any atom is 0.143 e. The van der Waals surface area contributed by atoms with E-state index in [-0.39, 0.29) is 82.6 Å². The Balaban J connectivity index is 1.43. The van der Waals surface area contributed by atoms with E-state index in [1.165, 1.54) is 0 Å². The van der Waals surface area contributed by atoms with Crippen LogP contribution in [0.3, 0.4) is 0 Å². The molecule has 0 aliphatic rings. The highest BCUT2D eigenvalue weighted by Crippen LogP contribution is 2.47. The van der Waals surface area contributed by atoms with Crippen LogP contribution in [0.15, 0.2) is 162 Å².